The van der Waals surface area contributed by atoms with Crippen molar-refractivity contribution in [2.45, 2.75) is 38.2 Å². The van der Waals surface area contributed by atoms with E-state index in [1.165, 1.54) is 6.07 Å². The Morgan fingerprint density at radius 3 is 2.89 bits per heavy atom. The Labute approximate surface area is 115 Å². The van der Waals surface area contributed by atoms with E-state index in [1.54, 1.807) is 12.1 Å². The maximum atomic E-state index is 13.7. The molecule has 18 heavy (non-hydrogen) atoms. The smallest absolute Gasteiger partial charge is 0.168 e. The molecular weight excluding hydrogens is 299 g/mol. The molecule has 0 spiro atoms. The minimum absolute atomic E-state index is 0.0385. The zero-order valence-electron chi connectivity index (χ0n) is 10.3. The van der Waals surface area contributed by atoms with E-state index in [0.717, 1.165) is 19.3 Å². The van der Waals surface area contributed by atoms with Gasteiger partial charge in [-0.1, -0.05) is 22.0 Å². The van der Waals surface area contributed by atoms with Crippen molar-refractivity contribution in [1.82, 2.24) is 0 Å². The summed E-state index contributed by atoms with van der Waals surface area (Å²) in [5.74, 6) is -0.388. The third-order valence-electron chi connectivity index (χ3n) is 3.42. The molecule has 1 heterocycles. The van der Waals surface area contributed by atoms with Crippen LogP contribution in [0, 0.1) is 5.82 Å². The Hall–Kier alpha value is -0.740. The minimum atomic E-state index is -0.738. The monoisotopic (exact) mass is 314 g/mol. The van der Waals surface area contributed by atoms with E-state index in [2.05, 4.69) is 15.9 Å². The lowest BCUT2D eigenvalue weighted by molar-refractivity contribution is -0.147. The Balaban J connectivity index is 2.11. The molecule has 1 aromatic carbocycles. The van der Waals surface area contributed by atoms with Crippen molar-refractivity contribution >= 4 is 21.7 Å². The number of benzene rings is 1. The number of rotatable bonds is 3. The van der Waals surface area contributed by atoms with E-state index in [0.29, 0.717) is 16.6 Å². The van der Waals surface area contributed by atoms with Gasteiger partial charge in [0.25, 0.3) is 0 Å². The second kappa shape index (κ2) is 5.49. The first kappa shape index (κ1) is 13.7. The topological polar surface area (TPSA) is 26.3 Å². The molecule has 1 saturated heterocycles. The van der Waals surface area contributed by atoms with Crippen LogP contribution in [0.1, 0.15) is 31.7 Å². The molecule has 1 fully saturated rings. The predicted octanol–water partition coefficient (Wildman–Crippen LogP) is 3.66. The molecule has 1 atom stereocenters. The molecule has 1 aromatic rings. The highest BCUT2D eigenvalue weighted by Gasteiger charge is 2.35. The summed E-state index contributed by atoms with van der Waals surface area (Å²) in [6.07, 6.45) is 2.81. The van der Waals surface area contributed by atoms with Crippen molar-refractivity contribution in [2.75, 3.05) is 6.61 Å². The van der Waals surface area contributed by atoms with E-state index in [1.807, 2.05) is 6.92 Å². The lowest BCUT2D eigenvalue weighted by Gasteiger charge is -2.32. The molecule has 4 heteroatoms. The highest BCUT2D eigenvalue weighted by Crippen LogP contribution is 2.27. The fraction of sp³-hybridized carbons (Fsp3) is 0.500. The van der Waals surface area contributed by atoms with Crippen LogP contribution in [-0.4, -0.2) is 18.0 Å². The first-order valence-electron chi connectivity index (χ1n) is 6.12. The lowest BCUT2D eigenvalue weighted by Crippen LogP contribution is -2.42. The van der Waals surface area contributed by atoms with Crippen molar-refractivity contribution < 1.29 is 13.9 Å². The number of hydrogen-bond acceptors (Lipinski definition) is 2. The van der Waals surface area contributed by atoms with E-state index >= 15 is 0 Å². The number of carbonyl (C=O) groups is 1. The summed E-state index contributed by atoms with van der Waals surface area (Å²) in [6, 6.07) is 4.77. The van der Waals surface area contributed by atoms with Gasteiger partial charge in [0, 0.05) is 17.5 Å². The molecule has 1 aliphatic rings. The fourth-order valence-corrected chi connectivity index (χ4v) is 2.51. The summed E-state index contributed by atoms with van der Waals surface area (Å²) in [5.41, 5.74) is -0.309. The van der Waals surface area contributed by atoms with Gasteiger partial charge in [-0.05, 0) is 43.9 Å². The zero-order chi connectivity index (χ0) is 13.2. The molecule has 0 aromatic heterocycles. The van der Waals surface area contributed by atoms with E-state index in [-0.39, 0.29) is 18.0 Å². The molecule has 0 saturated carbocycles. The van der Waals surface area contributed by atoms with Crippen LogP contribution in [0.4, 0.5) is 4.39 Å². The normalized spacial score (nSPS) is 23.9. The number of halogens is 2. The average molecular weight is 315 g/mol. The number of Topliss-reactive ketones (excluding diaryl/α,β-unsaturated/α-hetero) is 1. The molecular formula is C14H16BrFO2. The van der Waals surface area contributed by atoms with Gasteiger partial charge in [0.15, 0.2) is 5.78 Å². The maximum Gasteiger partial charge on any atom is 0.168 e. The van der Waals surface area contributed by atoms with Gasteiger partial charge < -0.3 is 4.74 Å². The van der Waals surface area contributed by atoms with Crippen molar-refractivity contribution in [2.24, 2.45) is 0 Å². The number of ketones is 1. The van der Waals surface area contributed by atoms with Crippen LogP contribution < -0.4 is 0 Å². The van der Waals surface area contributed by atoms with Gasteiger partial charge >= 0.3 is 0 Å². The summed E-state index contributed by atoms with van der Waals surface area (Å²) in [5, 5.41) is 0. The lowest BCUT2D eigenvalue weighted by atomic mass is 9.88. The van der Waals surface area contributed by atoms with Gasteiger partial charge in [-0.25, -0.2) is 4.39 Å². The number of carbonyl (C=O) groups excluding carboxylic acids is 1. The van der Waals surface area contributed by atoms with Crippen LogP contribution in [0.15, 0.2) is 22.7 Å². The molecule has 1 unspecified atom stereocenters. The van der Waals surface area contributed by atoms with Crippen LogP contribution in [-0.2, 0) is 16.0 Å². The molecule has 0 radical (unpaired) electrons. The highest BCUT2D eigenvalue weighted by atomic mass is 79.9. The quantitative estimate of drug-likeness (QED) is 0.851. The maximum absolute atomic E-state index is 13.7. The summed E-state index contributed by atoms with van der Waals surface area (Å²) in [6.45, 7) is 2.43. The van der Waals surface area contributed by atoms with E-state index < -0.39 is 5.60 Å². The largest absolute Gasteiger partial charge is 0.367 e. The standard InChI is InChI=1S/C14H16BrFO2/c1-14(6-2-3-7-18-14)13(17)8-10-4-5-11(15)9-12(10)16/h4-5,9H,2-3,6-8H2,1H3. The Morgan fingerprint density at radius 2 is 2.28 bits per heavy atom. The first-order chi connectivity index (χ1) is 8.51. The van der Waals surface area contributed by atoms with Crippen molar-refractivity contribution in [3.8, 4) is 0 Å². The van der Waals surface area contributed by atoms with Crippen LogP contribution in [0.25, 0.3) is 0 Å². The average Bonchev–Trinajstić information content (AvgIpc) is 2.33. The second-order valence-corrected chi connectivity index (χ2v) is 5.79. The third kappa shape index (κ3) is 2.98. The summed E-state index contributed by atoms with van der Waals surface area (Å²) in [7, 11) is 0. The Bertz CT molecular complexity index is 453. The Kier molecular flexibility index (Phi) is 4.17. The third-order valence-corrected chi connectivity index (χ3v) is 3.92. The van der Waals surface area contributed by atoms with Crippen LogP contribution in [0.3, 0.4) is 0 Å². The van der Waals surface area contributed by atoms with Crippen molar-refractivity contribution in [3.05, 3.63) is 34.1 Å². The minimum Gasteiger partial charge on any atom is -0.367 e. The van der Waals surface area contributed by atoms with Crippen LogP contribution in [0.2, 0.25) is 0 Å². The number of ether oxygens (including phenoxy) is 1. The fourth-order valence-electron chi connectivity index (χ4n) is 2.18. The van der Waals surface area contributed by atoms with Crippen LogP contribution >= 0.6 is 15.9 Å². The van der Waals surface area contributed by atoms with Gasteiger partial charge in [-0.15, -0.1) is 0 Å². The van der Waals surface area contributed by atoms with Gasteiger partial charge in [0.05, 0.1) is 0 Å². The predicted molar refractivity (Wildman–Crippen MR) is 71.0 cm³/mol. The van der Waals surface area contributed by atoms with Gasteiger partial charge in [-0.2, -0.15) is 0 Å². The number of hydrogen-bond donors (Lipinski definition) is 0. The summed E-state index contributed by atoms with van der Waals surface area (Å²) >= 11 is 3.20. The SMILES string of the molecule is CC1(C(=O)Cc2ccc(Br)cc2F)CCCCO1. The molecule has 0 aliphatic carbocycles. The Morgan fingerprint density at radius 1 is 1.50 bits per heavy atom. The zero-order valence-corrected chi connectivity index (χ0v) is 11.9. The van der Waals surface area contributed by atoms with Crippen molar-refractivity contribution in [1.29, 1.82) is 0 Å². The molecule has 0 amide bonds. The van der Waals surface area contributed by atoms with E-state index in [4.69, 9.17) is 4.74 Å². The molecule has 2 nitrogen and oxygen atoms in total. The van der Waals surface area contributed by atoms with Gasteiger partial charge in [0.1, 0.15) is 11.4 Å². The molecule has 2 rings (SSSR count). The van der Waals surface area contributed by atoms with Gasteiger partial charge in [-0.3, -0.25) is 4.79 Å². The summed E-state index contributed by atoms with van der Waals surface area (Å²) < 4.78 is 19.9. The molecule has 0 bridgehead atoms. The second-order valence-electron chi connectivity index (χ2n) is 4.87. The molecule has 0 N–H and O–H groups in total. The summed E-state index contributed by atoms with van der Waals surface area (Å²) in [4.78, 5) is 12.2. The van der Waals surface area contributed by atoms with Gasteiger partial charge in [0.2, 0.25) is 0 Å². The van der Waals surface area contributed by atoms with Crippen molar-refractivity contribution in [3.63, 3.8) is 0 Å². The molecule has 1 aliphatic heterocycles. The molecule has 98 valence electrons. The first-order valence-corrected chi connectivity index (χ1v) is 6.92. The highest BCUT2D eigenvalue weighted by molar-refractivity contribution is 9.10. The van der Waals surface area contributed by atoms with E-state index in [9.17, 15) is 9.18 Å². The van der Waals surface area contributed by atoms with Crippen LogP contribution in [0.5, 0.6) is 0 Å².